The third-order valence-electron chi connectivity index (χ3n) is 3.48. The summed E-state index contributed by atoms with van der Waals surface area (Å²) in [7, 11) is 0. The summed E-state index contributed by atoms with van der Waals surface area (Å²) in [6.45, 7) is 3.30. The molecule has 0 unspecified atom stereocenters. The first-order valence-corrected chi connectivity index (χ1v) is 7.30. The molecule has 3 heterocycles. The van der Waals surface area contributed by atoms with Crippen LogP contribution in [0, 0.1) is 6.92 Å². The molecule has 6 nitrogen and oxygen atoms in total. The predicted molar refractivity (Wildman–Crippen MR) is 76.6 cm³/mol. The predicted octanol–water partition coefficient (Wildman–Crippen LogP) is 2.29. The second-order valence-corrected chi connectivity index (χ2v) is 5.79. The molecule has 0 aliphatic carbocycles. The number of nitrogens with zero attached hydrogens (tertiary/aromatic N) is 2. The highest BCUT2D eigenvalue weighted by Crippen LogP contribution is 2.33. The number of carboxylic acid groups (broad SMARTS) is 1. The molecule has 3 rings (SSSR count). The molecule has 106 valence electrons. The van der Waals surface area contributed by atoms with Crippen molar-refractivity contribution < 1.29 is 14.6 Å². The van der Waals surface area contributed by atoms with Crippen LogP contribution in [0.3, 0.4) is 0 Å². The van der Waals surface area contributed by atoms with Crippen LogP contribution in [0.25, 0.3) is 10.2 Å². The SMILES string of the molecule is Cc1c(C(=O)O)sc2ncnc(NC3CCOCC3)c12. The van der Waals surface area contributed by atoms with Crippen LogP contribution in [0.2, 0.25) is 0 Å². The molecule has 2 aromatic heterocycles. The topological polar surface area (TPSA) is 84.3 Å². The zero-order chi connectivity index (χ0) is 14.1. The molecule has 0 radical (unpaired) electrons. The number of aromatic carboxylic acids is 1. The number of carboxylic acids is 1. The summed E-state index contributed by atoms with van der Waals surface area (Å²) in [6, 6.07) is 0.314. The summed E-state index contributed by atoms with van der Waals surface area (Å²) < 4.78 is 5.34. The van der Waals surface area contributed by atoms with E-state index in [2.05, 4.69) is 15.3 Å². The van der Waals surface area contributed by atoms with Crippen LogP contribution >= 0.6 is 11.3 Å². The molecule has 0 spiro atoms. The number of rotatable bonds is 3. The lowest BCUT2D eigenvalue weighted by molar-refractivity contribution is 0.0701. The van der Waals surface area contributed by atoms with E-state index in [-0.39, 0.29) is 0 Å². The maximum atomic E-state index is 11.2. The number of thiophene rings is 1. The number of carbonyl (C=O) groups is 1. The molecule has 1 aliphatic heterocycles. The Morgan fingerprint density at radius 3 is 2.90 bits per heavy atom. The maximum Gasteiger partial charge on any atom is 0.346 e. The molecule has 0 aromatic carbocycles. The van der Waals surface area contributed by atoms with Crippen LogP contribution in [0.5, 0.6) is 0 Å². The Bertz CT molecular complexity index is 650. The van der Waals surface area contributed by atoms with Gasteiger partial charge in [0.1, 0.15) is 21.9 Å². The van der Waals surface area contributed by atoms with Gasteiger partial charge in [0.2, 0.25) is 0 Å². The highest BCUT2D eigenvalue weighted by atomic mass is 32.1. The van der Waals surface area contributed by atoms with E-state index in [4.69, 9.17) is 4.74 Å². The Morgan fingerprint density at radius 1 is 1.45 bits per heavy atom. The molecule has 0 amide bonds. The quantitative estimate of drug-likeness (QED) is 0.903. The molecule has 2 aromatic rings. The molecule has 1 saturated heterocycles. The summed E-state index contributed by atoms with van der Waals surface area (Å²) in [4.78, 5) is 20.7. The van der Waals surface area contributed by atoms with Crippen molar-refractivity contribution in [2.24, 2.45) is 0 Å². The van der Waals surface area contributed by atoms with Gasteiger partial charge in [0.25, 0.3) is 0 Å². The second-order valence-electron chi connectivity index (χ2n) is 4.79. The van der Waals surface area contributed by atoms with Crippen molar-refractivity contribution in [3.63, 3.8) is 0 Å². The number of hydrogen-bond acceptors (Lipinski definition) is 6. The Kier molecular flexibility index (Phi) is 3.54. The van der Waals surface area contributed by atoms with E-state index in [1.54, 1.807) is 6.92 Å². The highest BCUT2D eigenvalue weighted by Gasteiger charge is 2.21. The Hall–Kier alpha value is -1.73. The van der Waals surface area contributed by atoms with Gasteiger partial charge in [-0.1, -0.05) is 0 Å². The number of anilines is 1. The third-order valence-corrected chi connectivity index (χ3v) is 4.67. The number of fused-ring (bicyclic) bond motifs is 1. The normalized spacial score (nSPS) is 16.4. The lowest BCUT2D eigenvalue weighted by atomic mass is 10.1. The van der Waals surface area contributed by atoms with Gasteiger partial charge in [-0.05, 0) is 25.3 Å². The smallest absolute Gasteiger partial charge is 0.346 e. The van der Waals surface area contributed by atoms with Crippen LogP contribution in [0.15, 0.2) is 6.33 Å². The molecule has 1 aliphatic rings. The Labute approximate surface area is 119 Å². The van der Waals surface area contributed by atoms with Gasteiger partial charge in [-0.2, -0.15) is 0 Å². The zero-order valence-electron chi connectivity index (χ0n) is 11.0. The van der Waals surface area contributed by atoms with Crippen molar-refractivity contribution in [2.75, 3.05) is 18.5 Å². The van der Waals surface area contributed by atoms with Crippen molar-refractivity contribution in [3.05, 3.63) is 16.8 Å². The summed E-state index contributed by atoms with van der Waals surface area (Å²) in [5, 5.41) is 13.4. The van der Waals surface area contributed by atoms with Gasteiger partial charge in [0.15, 0.2) is 0 Å². The number of hydrogen-bond donors (Lipinski definition) is 2. The average molecular weight is 293 g/mol. The van der Waals surface area contributed by atoms with Gasteiger partial charge in [-0.15, -0.1) is 11.3 Å². The van der Waals surface area contributed by atoms with Crippen LogP contribution in [-0.4, -0.2) is 40.3 Å². The molecular formula is C13H15N3O3S. The van der Waals surface area contributed by atoms with E-state index in [0.29, 0.717) is 15.7 Å². The lowest BCUT2D eigenvalue weighted by Gasteiger charge is -2.23. The number of nitrogens with one attached hydrogen (secondary N) is 1. The van der Waals surface area contributed by atoms with E-state index in [9.17, 15) is 9.90 Å². The van der Waals surface area contributed by atoms with Gasteiger partial charge in [-0.25, -0.2) is 14.8 Å². The summed E-state index contributed by atoms with van der Waals surface area (Å²) in [6.07, 6.45) is 3.34. The average Bonchev–Trinajstić information content (AvgIpc) is 2.79. The van der Waals surface area contributed by atoms with Crippen molar-refractivity contribution in [3.8, 4) is 0 Å². The first-order valence-electron chi connectivity index (χ1n) is 6.48. The van der Waals surface area contributed by atoms with E-state index in [1.165, 1.54) is 17.7 Å². The number of aryl methyl sites for hydroxylation is 1. The summed E-state index contributed by atoms with van der Waals surface area (Å²) >= 11 is 1.19. The molecule has 0 bridgehead atoms. The lowest BCUT2D eigenvalue weighted by Crippen LogP contribution is -2.28. The number of ether oxygens (including phenoxy) is 1. The second kappa shape index (κ2) is 5.34. The van der Waals surface area contributed by atoms with Crippen LogP contribution < -0.4 is 5.32 Å². The molecule has 20 heavy (non-hydrogen) atoms. The minimum absolute atomic E-state index is 0.314. The number of aromatic nitrogens is 2. The van der Waals surface area contributed by atoms with E-state index in [1.807, 2.05) is 0 Å². The van der Waals surface area contributed by atoms with E-state index < -0.39 is 5.97 Å². The van der Waals surface area contributed by atoms with Gasteiger partial charge in [0, 0.05) is 19.3 Å². The third kappa shape index (κ3) is 2.34. The first-order chi connectivity index (χ1) is 9.66. The summed E-state index contributed by atoms with van der Waals surface area (Å²) in [5.74, 6) is -0.189. The maximum absolute atomic E-state index is 11.2. The fourth-order valence-electron chi connectivity index (χ4n) is 2.42. The van der Waals surface area contributed by atoms with Crippen LogP contribution in [0.4, 0.5) is 5.82 Å². The minimum Gasteiger partial charge on any atom is -0.477 e. The molecule has 0 saturated carbocycles. The van der Waals surface area contributed by atoms with E-state index >= 15 is 0 Å². The Balaban J connectivity index is 1.99. The fraction of sp³-hybridized carbons (Fsp3) is 0.462. The standard InChI is InChI=1S/C13H15N3O3S/c1-7-9-11(16-8-2-4-19-5-3-8)14-6-15-12(9)20-10(7)13(17)18/h6,8H,2-5H2,1H3,(H,17,18)(H,14,15,16). The fourth-order valence-corrected chi connectivity index (χ4v) is 3.41. The minimum atomic E-state index is -0.914. The molecular weight excluding hydrogens is 278 g/mol. The molecule has 7 heteroatoms. The van der Waals surface area contributed by atoms with Crippen molar-refractivity contribution >= 4 is 33.3 Å². The van der Waals surface area contributed by atoms with Crippen LogP contribution in [0.1, 0.15) is 28.1 Å². The first kappa shape index (κ1) is 13.3. The summed E-state index contributed by atoms with van der Waals surface area (Å²) in [5.41, 5.74) is 0.729. The monoisotopic (exact) mass is 293 g/mol. The van der Waals surface area contributed by atoms with E-state index in [0.717, 1.165) is 42.8 Å². The van der Waals surface area contributed by atoms with Crippen molar-refractivity contribution in [2.45, 2.75) is 25.8 Å². The molecule has 0 atom stereocenters. The largest absolute Gasteiger partial charge is 0.477 e. The zero-order valence-corrected chi connectivity index (χ0v) is 11.9. The molecule has 2 N–H and O–H groups in total. The Morgan fingerprint density at radius 2 is 2.20 bits per heavy atom. The highest BCUT2D eigenvalue weighted by molar-refractivity contribution is 7.20. The van der Waals surface area contributed by atoms with Crippen LogP contribution in [-0.2, 0) is 4.74 Å². The van der Waals surface area contributed by atoms with Gasteiger partial charge >= 0.3 is 5.97 Å². The molecule has 1 fully saturated rings. The van der Waals surface area contributed by atoms with Gasteiger partial charge in [0.05, 0.1) is 5.39 Å². The van der Waals surface area contributed by atoms with Gasteiger partial charge in [-0.3, -0.25) is 0 Å². The van der Waals surface area contributed by atoms with Gasteiger partial charge < -0.3 is 15.2 Å². The van der Waals surface area contributed by atoms with Crippen molar-refractivity contribution in [1.82, 2.24) is 9.97 Å². The van der Waals surface area contributed by atoms with Crippen molar-refractivity contribution in [1.29, 1.82) is 0 Å².